The summed E-state index contributed by atoms with van der Waals surface area (Å²) >= 11 is 0. The normalized spacial score (nSPS) is 15.7. The van der Waals surface area contributed by atoms with Crippen LogP contribution in [0.15, 0.2) is 48.5 Å². The molecule has 1 aliphatic rings. The van der Waals surface area contributed by atoms with E-state index in [4.69, 9.17) is 0 Å². The van der Waals surface area contributed by atoms with Gasteiger partial charge in [0.05, 0.1) is 0 Å². The quantitative estimate of drug-likeness (QED) is 0.587. The van der Waals surface area contributed by atoms with Crippen molar-refractivity contribution in [1.82, 2.24) is 4.57 Å². The van der Waals surface area contributed by atoms with Gasteiger partial charge < -0.3 is 4.57 Å². The molecule has 2 aromatic carbocycles. The number of fused-ring (bicyclic) bond motifs is 5. The third-order valence-electron chi connectivity index (χ3n) is 5.08. The molecule has 0 amide bonds. The molecule has 0 spiro atoms. The lowest BCUT2D eigenvalue weighted by molar-refractivity contribution is 0.541. The highest BCUT2D eigenvalue weighted by Gasteiger charge is 2.37. The number of nitrogens with zero attached hydrogens (tertiary/aromatic N) is 1. The number of para-hydroxylation sites is 1. The van der Waals surface area contributed by atoms with Crippen LogP contribution in [0.25, 0.3) is 22.0 Å². The third-order valence-corrected chi connectivity index (χ3v) is 8.15. The predicted octanol–water partition coefficient (Wildman–Crippen LogP) is 4.98. The van der Waals surface area contributed by atoms with Crippen molar-refractivity contribution < 1.29 is 0 Å². The van der Waals surface area contributed by atoms with Crippen LogP contribution < -0.4 is 5.32 Å². The van der Waals surface area contributed by atoms with Crippen molar-refractivity contribution in [3.8, 4) is 11.1 Å². The molecular weight excluding hydrogens is 294 g/mol. The Morgan fingerprint density at radius 1 is 1.00 bits per heavy atom. The Labute approximate surface area is 140 Å². The van der Waals surface area contributed by atoms with Gasteiger partial charge in [-0.25, -0.2) is 0 Å². The first kappa shape index (κ1) is 14.8. The molecule has 3 aromatic rings. The van der Waals surface area contributed by atoms with Crippen molar-refractivity contribution in [1.29, 1.82) is 0 Å². The predicted molar refractivity (Wildman–Crippen MR) is 103 cm³/mol. The second kappa shape index (κ2) is 5.10. The molecule has 2 heterocycles. The average Bonchev–Trinajstić information content (AvgIpc) is 2.83. The van der Waals surface area contributed by atoms with Gasteiger partial charge in [0.1, 0.15) is 8.07 Å². The van der Waals surface area contributed by atoms with E-state index in [1.165, 1.54) is 28.1 Å². The fourth-order valence-electron chi connectivity index (χ4n) is 4.31. The van der Waals surface area contributed by atoms with E-state index < -0.39 is 8.07 Å². The Kier molecular flexibility index (Phi) is 3.28. The molecule has 1 nitrogen and oxygen atoms in total. The largest absolute Gasteiger partial charge is 0.348 e. The van der Waals surface area contributed by atoms with Crippen molar-refractivity contribution in [2.24, 2.45) is 5.92 Å². The SMILES string of the molecule is CC(C)Cn1c2c(c3ccccc31)-c1ccccc1C[Si]2(C)C. The van der Waals surface area contributed by atoms with Gasteiger partial charge in [-0.3, -0.25) is 0 Å². The maximum Gasteiger partial charge on any atom is 0.107 e. The van der Waals surface area contributed by atoms with E-state index in [0.29, 0.717) is 5.92 Å². The summed E-state index contributed by atoms with van der Waals surface area (Å²) in [5, 5.41) is 3.10. The number of hydrogen-bond acceptors (Lipinski definition) is 0. The van der Waals surface area contributed by atoms with Gasteiger partial charge >= 0.3 is 0 Å². The molecule has 118 valence electrons. The lowest BCUT2D eigenvalue weighted by Gasteiger charge is -2.32. The van der Waals surface area contributed by atoms with Crippen LogP contribution in [-0.4, -0.2) is 12.6 Å². The van der Waals surface area contributed by atoms with E-state index >= 15 is 0 Å². The summed E-state index contributed by atoms with van der Waals surface area (Å²) in [5.41, 5.74) is 5.96. The lowest BCUT2D eigenvalue weighted by atomic mass is 9.99. The molecule has 0 saturated carbocycles. The number of rotatable bonds is 2. The van der Waals surface area contributed by atoms with E-state index in [0.717, 1.165) is 6.54 Å². The molecule has 0 N–H and O–H groups in total. The van der Waals surface area contributed by atoms with Crippen molar-refractivity contribution >= 4 is 24.3 Å². The second-order valence-electron chi connectivity index (χ2n) is 7.96. The smallest absolute Gasteiger partial charge is 0.107 e. The fourth-order valence-corrected chi connectivity index (χ4v) is 7.63. The number of benzene rings is 2. The van der Waals surface area contributed by atoms with Gasteiger partial charge in [0.25, 0.3) is 0 Å². The molecule has 23 heavy (non-hydrogen) atoms. The maximum atomic E-state index is 2.65. The van der Waals surface area contributed by atoms with E-state index in [1.54, 1.807) is 10.9 Å². The highest BCUT2D eigenvalue weighted by Crippen LogP contribution is 2.38. The zero-order chi connectivity index (χ0) is 16.2. The standard InChI is InChI=1S/C21H25NSi/c1-15(2)13-22-19-12-8-7-11-18(19)20-17-10-6-5-9-16(17)14-23(3,4)21(20)22/h5-12,15H,13-14H2,1-4H3. The fraction of sp³-hybridized carbons (Fsp3) is 0.333. The van der Waals surface area contributed by atoms with Crippen LogP contribution in [0.5, 0.6) is 0 Å². The Balaban J connectivity index is 2.14. The second-order valence-corrected chi connectivity index (χ2v) is 12.6. The van der Waals surface area contributed by atoms with Gasteiger partial charge in [-0.15, -0.1) is 0 Å². The van der Waals surface area contributed by atoms with Gasteiger partial charge in [-0.2, -0.15) is 0 Å². The van der Waals surface area contributed by atoms with Gasteiger partial charge in [0, 0.05) is 28.3 Å². The minimum absolute atomic E-state index is 0.664. The summed E-state index contributed by atoms with van der Waals surface area (Å²) in [6.07, 6.45) is 0. The van der Waals surface area contributed by atoms with Crippen LogP contribution in [0.2, 0.25) is 13.1 Å². The minimum Gasteiger partial charge on any atom is -0.348 e. The Morgan fingerprint density at radius 2 is 1.70 bits per heavy atom. The minimum atomic E-state index is -1.49. The van der Waals surface area contributed by atoms with Crippen molar-refractivity contribution in [2.75, 3.05) is 0 Å². The molecule has 0 unspecified atom stereocenters. The zero-order valence-corrected chi connectivity index (χ0v) is 15.6. The first-order chi connectivity index (χ1) is 11.0. The van der Waals surface area contributed by atoms with Crippen molar-refractivity contribution in [2.45, 2.75) is 39.5 Å². The summed E-state index contributed by atoms with van der Waals surface area (Å²) in [6.45, 7) is 10.8. The van der Waals surface area contributed by atoms with E-state index in [1.807, 2.05) is 0 Å². The monoisotopic (exact) mass is 319 g/mol. The average molecular weight is 320 g/mol. The summed E-state index contributed by atoms with van der Waals surface area (Å²) in [4.78, 5) is 0. The van der Waals surface area contributed by atoms with Crippen molar-refractivity contribution in [3.05, 3.63) is 54.1 Å². The number of aromatic nitrogens is 1. The van der Waals surface area contributed by atoms with Gasteiger partial charge in [0.2, 0.25) is 0 Å². The van der Waals surface area contributed by atoms with Crippen LogP contribution in [0.3, 0.4) is 0 Å². The summed E-state index contributed by atoms with van der Waals surface area (Å²) in [5.74, 6) is 0.664. The molecule has 4 rings (SSSR count). The molecule has 0 atom stereocenters. The molecule has 0 aliphatic carbocycles. The topological polar surface area (TPSA) is 4.93 Å². The van der Waals surface area contributed by atoms with Crippen LogP contribution >= 0.6 is 0 Å². The molecule has 0 radical (unpaired) electrons. The van der Waals surface area contributed by atoms with Gasteiger partial charge in [-0.1, -0.05) is 69.4 Å². The molecular formula is C21H25NSi. The Bertz CT molecular complexity index is 886. The van der Waals surface area contributed by atoms with Gasteiger partial charge in [0.15, 0.2) is 0 Å². The molecule has 2 heteroatoms. The molecule has 0 saturated heterocycles. The van der Waals surface area contributed by atoms with Crippen LogP contribution in [0.1, 0.15) is 19.4 Å². The lowest BCUT2D eigenvalue weighted by Crippen LogP contribution is -2.51. The van der Waals surface area contributed by atoms with Crippen LogP contribution in [0, 0.1) is 5.92 Å². The van der Waals surface area contributed by atoms with E-state index in [-0.39, 0.29) is 0 Å². The van der Waals surface area contributed by atoms with E-state index in [2.05, 4.69) is 80.0 Å². The van der Waals surface area contributed by atoms with Crippen molar-refractivity contribution in [3.63, 3.8) is 0 Å². The summed E-state index contributed by atoms with van der Waals surface area (Å²) in [7, 11) is -1.49. The maximum absolute atomic E-state index is 2.65. The first-order valence-electron chi connectivity index (χ1n) is 8.69. The van der Waals surface area contributed by atoms with Gasteiger partial charge in [-0.05, 0) is 29.2 Å². The Morgan fingerprint density at radius 3 is 2.48 bits per heavy atom. The third kappa shape index (κ3) is 2.20. The Hall–Kier alpha value is -1.80. The first-order valence-corrected chi connectivity index (χ1v) is 11.9. The summed E-state index contributed by atoms with van der Waals surface area (Å²) < 4.78 is 2.65. The molecule has 1 aliphatic heterocycles. The highest BCUT2D eigenvalue weighted by atomic mass is 28.3. The van der Waals surface area contributed by atoms with E-state index in [9.17, 15) is 0 Å². The highest BCUT2D eigenvalue weighted by molar-refractivity contribution is 6.90. The molecule has 0 bridgehead atoms. The van der Waals surface area contributed by atoms with Crippen LogP contribution in [-0.2, 0) is 12.6 Å². The summed E-state index contributed by atoms with van der Waals surface area (Å²) in [6, 6.07) is 19.3. The zero-order valence-electron chi connectivity index (χ0n) is 14.6. The molecule has 0 fully saturated rings. The molecule has 1 aromatic heterocycles. The van der Waals surface area contributed by atoms with Crippen LogP contribution in [0.4, 0.5) is 0 Å². The number of hydrogen-bond donors (Lipinski definition) is 0.